The fourth-order valence-electron chi connectivity index (χ4n) is 1.65. The van der Waals surface area contributed by atoms with E-state index in [4.69, 9.17) is 15.2 Å². The van der Waals surface area contributed by atoms with Gasteiger partial charge in [-0.1, -0.05) is 18.2 Å². The van der Waals surface area contributed by atoms with Crippen molar-refractivity contribution in [2.45, 2.75) is 12.1 Å². The van der Waals surface area contributed by atoms with Gasteiger partial charge in [0.05, 0.1) is 6.04 Å². The van der Waals surface area contributed by atoms with Crippen LogP contribution >= 0.6 is 0 Å². The third kappa shape index (κ3) is 1.41. The number of methoxy groups -OCH3 is 1. The van der Waals surface area contributed by atoms with Crippen molar-refractivity contribution in [2.24, 2.45) is 5.73 Å². The molecule has 2 unspecified atom stereocenters. The maximum atomic E-state index is 5.85. The lowest BCUT2D eigenvalue weighted by Gasteiger charge is -2.29. The van der Waals surface area contributed by atoms with Crippen LogP contribution in [0.1, 0.15) is 11.7 Å². The Labute approximate surface area is 77.5 Å². The van der Waals surface area contributed by atoms with Crippen molar-refractivity contribution in [1.29, 1.82) is 0 Å². The zero-order valence-corrected chi connectivity index (χ0v) is 7.57. The molecule has 70 valence electrons. The highest BCUT2D eigenvalue weighted by Gasteiger charge is 2.27. The second-order valence-corrected chi connectivity index (χ2v) is 3.17. The highest BCUT2D eigenvalue weighted by atomic mass is 16.5. The summed E-state index contributed by atoms with van der Waals surface area (Å²) in [5, 5.41) is 0. The van der Waals surface area contributed by atoms with Crippen LogP contribution in [-0.2, 0) is 4.74 Å². The first-order valence-corrected chi connectivity index (χ1v) is 4.33. The van der Waals surface area contributed by atoms with Gasteiger partial charge in [-0.2, -0.15) is 0 Å². The molecular weight excluding hydrogens is 166 g/mol. The van der Waals surface area contributed by atoms with Crippen LogP contribution in [0.4, 0.5) is 0 Å². The second-order valence-electron chi connectivity index (χ2n) is 3.17. The van der Waals surface area contributed by atoms with Gasteiger partial charge in [0, 0.05) is 12.7 Å². The van der Waals surface area contributed by atoms with Crippen LogP contribution in [0.15, 0.2) is 24.3 Å². The minimum absolute atomic E-state index is 0.0371. The predicted octanol–water partition coefficient (Wildman–Crippen LogP) is 1.09. The van der Waals surface area contributed by atoms with Crippen LogP contribution in [0.25, 0.3) is 0 Å². The number of nitrogens with two attached hydrogens (primary N) is 1. The van der Waals surface area contributed by atoms with E-state index in [0.717, 1.165) is 11.3 Å². The number of hydrogen-bond donors (Lipinski definition) is 1. The highest BCUT2D eigenvalue weighted by Crippen LogP contribution is 2.32. The SMILES string of the molecule is COC1c2ccccc2OCC1N. The number of fused-ring (bicyclic) bond motifs is 1. The molecule has 1 aliphatic rings. The zero-order valence-electron chi connectivity index (χ0n) is 7.57. The summed E-state index contributed by atoms with van der Waals surface area (Å²) in [6, 6.07) is 7.77. The van der Waals surface area contributed by atoms with E-state index in [1.807, 2.05) is 24.3 Å². The average Bonchev–Trinajstić information content (AvgIpc) is 2.18. The topological polar surface area (TPSA) is 44.5 Å². The molecule has 0 fully saturated rings. The molecule has 1 aliphatic heterocycles. The molecule has 1 aromatic rings. The summed E-state index contributed by atoms with van der Waals surface area (Å²) < 4.78 is 10.8. The van der Waals surface area contributed by atoms with Crippen LogP contribution in [0.2, 0.25) is 0 Å². The highest BCUT2D eigenvalue weighted by molar-refractivity contribution is 5.37. The van der Waals surface area contributed by atoms with E-state index in [0.29, 0.717) is 6.61 Å². The first kappa shape index (κ1) is 8.53. The molecule has 3 heteroatoms. The molecule has 0 aromatic heterocycles. The van der Waals surface area contributed by atoms with Gasteiger partial charge in [-0.15, -0.1) is 0 Å². The molecule has 2 rings (SSSR count). The summed E-state index contributed by atoms with van der Waals surface area (Å²) in [5.74, 6) is 0.885. The fourth-order valence-corrected chi connectivity index (χ4v) is 1.65. The monoisotopic (exact) mass is 179 g/mol. The smallest absolute Gasteiger partial charge is 0.125 e. The van der Waals surface area contributed by atoms with Crippen LogP contribution in [0, 0.1) is 0 Å². The lowest BCUT2D eigenvalue weighted by Crippen LogP contribution is -2.38. The maximum Gasteiger partial charge on any atom is 0.125 e. The van der Waals surface area contributed by atoms with Crippen LogP contribution in [0.3, 0.4) is 0 Å². The van der Waals surface area contributed by atoms with E-state index in [1.165, 1.54) is 0 Å². The lowest BCUT2D eigenvalue weighted by atomic mass is 10.00. The van der Waals surface area contributed by atoms with Crippen LogP contribution < -0.4 is 10.5 Å². The molecule has 0 saturated heterocycles. The molecular formula is C10H13NO2. The second kappa shape index (κ2) is 3.36. The van der Waals surface area contributed by atoms with Gasteiger partial charge in [0.1, 0.15) is 18.5 Å². The number of benzene rings is 1. The molecule has 3 nitrogen and oxygen atoms in total. The van der Waals surface area contributed by atoms with Crippen molar-refractivity contribution in [2.75, 3.05) is 13.7 Å². The molecule has 0 amide bonds. The molecule has 1 heterocycles. The van der Waals surface area contributed by atoms with Gasteiger partial charge in [-0.25, -0.2) is 0 Å². The van der Waals surface area contributed by atoms with Gasteiger partial charge in [-0.3, -0.25) is 0 Å². The van der Waals surface area contributed by atoms with Crippen molar-refractivity contribution in [3.8, 4) is 5.75 Å². The summed E-state index contributed by atoms with van der Waals surface area (Å²) >= 11 is 0. The van der Waals surface area contributed by atoms with E-state index in [2.05, 4.69) is 0 Å². The standard InChI is InChI=1S/C10H13NO2/c1-12-10-7-4-2-3-5-9(7)13-6-8(10)11/h2-5,8,10H,6,11H2,1H3. The summed E-state index contributed by atoms with van der Waals surface area (Å²) in [5.41, 5.74) is 6.90. The zero-order chi connectivity index (χ0) is 9.26. The molecule has 2 N–H and O–H groups in total. The molecule has 1 aromatic carbocycles. The van der Waals surface area contributed by atoms with Crippen molar-refractivity contribution in [1.82, 2.24) is 0 Å². The third-order valence-corrected chi connectivity index (χ3v) is 2.30. The molecule has 0 saturated carbocycles. The Hall–Kier alpha value is -1.06. The summed E-state index contributed by atoms with van der Waals surface area (Å²) in [7, 11) is 1.67. The van der Waals surface area contributed by atoms with Crippen molar-refractivity contribution >= 4 is 0 Å². The lowest BCUT2D eigenvalue weighted by molar-refractivity contribution is 0.0454. The Balaban J connectivity index is 2.39. The van der Waals surface area contributed by atoms with Gasteiger partial charge in [0.25, 0.3) is 0 Å². The predicted molar refractivity (Wildman–Crippen MR) is 49.7 cm³/mol. The summed E-state index contributed by atoms with van der Waals surface area (Å²) in [6.45, 7) is 0.523. The molecule has 0 radical (unpaired) electrons. The first-order valence-electron chi connectivity index (χ1n) is 4.33. The Morgan fingerprint density at radius 3 is 3.00 bits per heavy atom. The van der Waals surface area contributed by atoms with E-state index in [-0.39, 0.29) is 12.1 Å². The molecule has 0 spiro atoms. The minimum Gasteiger partial charge on any atom is -0.491 e. The van der Waals surface area contributed by atoms with Gasteiger partial charge in [-0.05, 0) is 6.07 Å². The summed E-state index contributed by atoms with van der Waals surface area (Å²) in [4.78, 5) is 0. The van der Waals surface area contributed by atoms with Gasteiger partial charge in [0.15, 0.2) is 0 Å². The van der Waals surface area contributed by atoms with Crippen molar-refractivity contribution in [3.63, 3.8) is 0 Å². The van der Waals surface area contributed by atoms with E-state index in [9.17, 15) is 0 Å². The summed E-state index contributed by atoms with van der Waals surface area (Å²) in [6.07, 6.45) is -0.0371. The molecule has 2 atom stereocenters. The first-order chi connectivity index (χ1) is 6.33. The van der Waals surface area contributed by atoms with E-state index >= 15 is 0 Å². The average molecular weight is 179 g/mol. The van der Waals surface area contributed by atoms with Crippen LogP contribution in [0.5, 0.6) is 5.75 Å². The largest absolute Gasteiger partial charge is 0.491 e. The maximum absolute atomic E-state index is 5.85. The fraction of sp³-hybridized carbons (Fsp3) is 0.400. The number of para-hydroxylation sites is 1. The Morgan fingerprint density at radius 1 is 1.46 bits per heavy atom. The van der Waals surface area contributed by atoms with E-state index < -0.39 is 0 Å². The Bertz CT molecular complexity index is 301. The molecule has 13 heavy (non-hydrogen) atoms. The van der Waals surface area contributed by atoms with Gasteiger partial charge in [0.2, 0.25) is 0 Å². The van der Waals surface area contributed by atoms with Crippen molar-refractivity contribution < 1.29 is 9.47 Å². The van der Waals surface area contributed by atoms with Gasteiger partial charge < -0.3 is 15.2 Å². The molecule has 0 aliphatic carbocycles. The quantitative estimate of drug-likeness (QED) is 0.702. The normalized spacial score (nSPS) is 26.3. The number of hydrogen-bond acceptors (Lipinski definition) is 3. The van der Waals surface area contributed by atoms with E-state index in [1.54, 1.807) is 7.11 Å². The molecule has 0 bridgehead atoms. The third-order valence-electron chi connectivity index (χ3n) is 2.30. The van der Waals surface area contributed by atoms with Crippen LogP contribution in [-0.4, -0.2) is 19.8 Å². The Kier molecular flexibility index (Phi) is 2.20. The van der Waals surface area contributed by atoms with Crippen molar-refractivity contribution in [3.05, 3.63) is 29.8 Å². The number of ether oxygens (including phenoxy) is 2. The minimum atomic E-state index is -0.0695. The Morgan fingerprint density at radius 2 is 2.23 bits per heavy atom. The number of rotatable bonds is 1. The van der Waals surface area contributed by atoms with Gasteiger partial charge >= 0.3 is 0 Å².